The maximum absolute atomic E-state index is 13.3. The zero-order valence-corrected chi connectivity index (χ0v) is 17.3. The number of benzene rings is 1. The van der Waals surface area contributed by atoms with Crippen molar-refractivity contribution in [1.82, 2.24) is 15.0 Å². The van der Waals surface area contributed by atoms with E-state index in [1.54, 1.807) is 6.20 Å². The van der Waals surface area contributed by atoms with E-state index in [-0.39, 0.29) is 11.9 Å². The van der Waals surface area contributed by atoms with Crippen LogP contribution >= 0.6 is 0 Å². The molecule has 31 heavy (non-hydrogen) atoms. The lowest BCUT2D eigenvalue weighted by atomic mass is 10.1. The highest BCUT2D eigenvalue weighted by molar-refractivity contribution is 5.97. The fourth-order valence-corrected chi connectivity index (χ4v) is 4.49. The molecule has 2 fully saturated rings. The predicted octanol–water partition coefficient (Wildman–Crippen LogP) is 4.37. The van der Waals surface area contributed by atoms with Gasteiger partial charge in [-0.3, -0.25) is 4.79 Å². The van der Waals surface area contributed by atoms with Gasteiger partial charge >= 0.3 is 0 Å². The van der Waals surface area contributed by atoms with Crippen LogP contribution in [0.5, 0.6) is 0 Å². The average Bonchev–Trinajstić information content (AvgIpc) is 3.54. The molecular formula is C24H24FN5O. The first-order valence-electron chi connectivity index (χ1n) is 10.7. The van der Waals surface area contributed by atoms with Crippen molar-refractivity contribution in [3.05, 3.63) is 66.4 Å². The van der Waals surface area contributed by atoms with Gasteiger partial charge in [-0.25, -0.2) is 19.3 Å². The average molecular weight is 417 g/mol. The summed E-state index contributed by atoms with van der Waals surface area (Å²) < 4.78 is 13.2. The molecule has 2 aromatic heterocycles. The van der Waals surface area contributed by atoms with Gasteiger partial charge in [0.1, 0.15) is 11.9 Å². The number of carbonyl (C=O) groups excluding carboxylic acids is 1. The Kier molecular flexibility index (Phi) is 5.10. The SMILES string of the molecule is Cc1ccc(NC(=O)[C@@H]2CC[C@H](C3CC3)N2c2ccccn2)cc1-c1ncc(F)cn1. The number of anilines is 2. The molecule has 158 valence electrons. The molecule has 0 spiro atoms. The van der Waals surface area contributed by atoms with Crippen molar-refractivity contribution in [3.8, 4) is 11.4 Å². The normalized spacial score (nSPS) is 20.6. The van der Waals surface area contributed by atoms with Crippen LogP contribution in [0.25, 0.3) is 11.4 Å². The van der Waals surface area contributed by atoms with Crippen LogP contribution in [0.4, 0.5) is 15.9 Å². The minimum Gasteiger partial charge on any atom is -0.341 e. The Bertz CT molecular complexity index is 1080. The molecule has 1 aliphatic heterocycles. The number of hydrogen-bond acceptors (Lipinski definition) is 5. The van der Waals surface area contributed by atoms with Crippen LogP contribution in [0.1, 0.15) is 31.2 Å². The molecule has 3 heterocycles. The third kappa shape index (κ3) is 4.00. The number of amides is 1. The van der Waals surface area contributed by atoms with E-state index < -0.39 is 5.82 Å². The van der Waals surface area contributed by atoms with Gasteiger partial charge in [-0.1, -0.05) is 12.1 Å². The van der Waals surface area contributed by atoms with Crippen molar-refractivity contribution < 1.29 is 9.18 Å². The van der Waals surface area contributed by atoms with Gasteiger partial charge in [0, 0.05) is 23.5 Å². The van der Waals surface area contributed by atoms with Gasteiger partial charge in [0.25, 0.3) is 0 Å². The topological polar surface area (TPSA) is 71.0 Å². The van der Waals surface area contributed by atoms with Crippen molar-refractivity contribution in [2.75, 3.05) is 10.2 Å². The summed E-state index contributed by atoms with van der Waals surface area (Å²) in [5, 5.41) is 3.07. The lowest BCUT2D eigenvalue weighted by Gasteiger charge is -2.31. The largest absolute Gasteiger partial charge is 0.341 e. The summed E-state index contributed by atoms with van der Waals surface area (Å²) in [7, 11) is 0. The number of pyridine rings is 1. The summed E-state index contributed by atoms with van der Waals surface area (Å²) in [6.07, 6.45) is 8.33. The Morgan fingerprint density at radius 1 is 1.06 bits per heavy atom. The minimum absolute atomic E-state index is 0.0383. The number of aryl methyl sites for hydroxylation is 1. The summed E-state index contributed by atoms with van der Waals surface area (Å²) in [6, 6.07) is 11.6. The minimum atomic E-state index is -0.480. The van der Waals surface area contributed by atoms with E-state index >= 15 is 0 Å². The summed E-state index contributed by atoms with van der Waals surface area (Å²) in [5.74, 6) is 1.43. The summed E-state index contributed by atoms with van der Waals surface area (Å²) >= 11 is 0. The molecule has 7 heteroatoms. The Morgan fingerprint density at radius 3 is 2.58 bits per heavy atom. The molecule has 1 amide bonds. The van der Waals surface area contributed by atoms with E-state index in [0.29, 0.717) is 23.5 Å². The van der Waals surface area contributed by atoms with Crippen LogP contribution in [-0.2, 0) is 4.79 Å². The molecule has 2 aliphatic rings. The zero-order chi connectivity index (χ0) is 21.4. The predicted molar refractivity (Wildman–Crippen MR) is 117 cm³/mol. The zero-order valence-electron chi connectivity index (χ0n) is 17.3. The van der Waals surface area contributed by atoms with Crippen LogP contribution in [-0.4, -0.2) is 32.9 Å². The first-order chi connectivity index (χ1) is 15.1. The Balaban J connectivity index is 1.39. The fraction of sp³-hybridized carbons (Fsp3) is 0.333. The Morgan fingerprint density at radius 2 is 1.87 bits per heavy atom. The van der Waals surface area contributed by atoms with Crippen LogP contribution < -0.4 is 10.2 Å². The third-order valence-electron chi connectivity index (χ3n) is 6.18. The van der Waals surface area contributed by atoms with E-state index in [2.05, 4.69) is 25.2 Å². The number of aromatic nitrogens is 3. The van der Waals surface area contributed by atoms with E-state index in [1.807, 2.05) is 43.3 Å². The molecule has 6 nitrogen and oxygen atoms in total. The summed E-state index contributed by atoms with van der Waals surface area (Å²) in [5.41, 5.74) is 2.39. The lowest BCUT2D eigenvalue weighted by molar-refractivity contribution is -0.117. The number of nitrogens with zero attached hydrogens (tertiary/aromatic N) is 4. The highest BCUT2D eigenvalue weighted by atomic mass is 19.1. The maximum Gasteiger partial charge on any atom is 0.247 e. The van der Waals surface area contributed by atoms with Gasteiger partial charge in [0.15, 0.2) is 11.6 Å². The van der Waals surface area contributed by atoms with Gasteiger partial charge in [0.05, 0.1) is 12.4 Å². The Hall–Kier alpha value is -3.35. The van der Waals surface area contributed by atoms with E-state index in [9.17, 15) is 9.18 Å². The monoisotopic (exact) mass is 417 g/mol. The van der Waals surface area contributed by atoms with Crippen molar-refractivity contribution >= 4 is 17.4 Å². The second kappa shape index (κ2) is 8.06. The molecular weight excluding hydrogens is 393 g/mol. The van der Waals surface area contributed by atoms with E-state index in [4.69, 9.17) is 0 Å². The molecule has 1 N–H and O–H groups in total. The smallest absolute Gasteiger partial charge is 0.247 e. The second-order valence-corrected chi connectivity index (χ2v) is 8.34. The van der Waals surface area contributed by atoms with Crippen molar-refractivity contribution in [2.24, 2.45) is 5.92 Å². The quantitative estimate of drug-likeness (QED) is 0.667. The molecule has 5 rings (SSSR count). The lowest BCUT2D eigenvalue weighted by Crippen LogP contribution is -2.44. The molecule has 1 aliphatic carbocycles. The van der Waals surface area contributed by atoms with Crippen LogP contribution in [0.3, 0.4) is 0 Å². The molecule has 0 bridgehead atoms. The van der Waals surface area contributed by atoms with Gasteiger partial charge in [-0.15, -0.1) is 0 Å². The number of carbonyl (C=O) groups is 1. The van der Waals surface area contributed by atoms with Crippen LogP contribution in [0.15, 0.2) is 55.0 Å². The maximum atomic E-state index is 13.3. The second-order valence-electron chi connectivity index (χ2n) is 8.34. The highest BCUT2D eigenvalue weighted by Crippen LogP contribution is 2.43. The standard InChI is InChI=1S/C24H24FN5O/c1-15-5-8-18(12-19(15)23-27-13-17(25)14-28-23)29-24(31)21-10-9-20(16-6-7-16)30(21)22-4-2-3-11-26-22/h2-5,8,11-14,16,20-21H,6-7,9-10H2,1H3,(H,29,31)/t20-,21+/m1/s1. The van der Waals surface area contributed by atoms with E-state index in [1.165, 1.54) is 12.8 Å². The number of halogens is 1. The highest BCUT2D eigenvalue weighted by Gasteiger charge is 2.45. The van der Waals surface area contributed by atoms with Gasteiger partial charge < -0.3 is 10.2 Å². The summed E-state index contributed by atoms with van der Waals surface area (Å²) in [6.45, 7) is 1.94. The van der Waals surface area contributed by atoms with Gasteiger partial charge in [-0.2, -0.15) is 0 Å². The number of nitrogens with one attached hydrogen (secondary N) is 1. The molecule has 1 saturated heterocycles. The fourth-order valence-electron chi connectivity index (χ4n) is 4.49. The Labute approximate surface area is 180 Å². The third-order valence-corrected chi connectivity index (χ3v) is 6.18. The van der Waals surface area contributed by atoms with Crippen molar-refractivity contribution in [1.29, 1.82) is 0 Å². The van der Waals surface area contributed by atoms with Gasteiger partial charge in [0.2, 0.25) is 5.91 Å². The molecule has 1 saturated carbocycles. The van der Waals surface area contributed by atoms with Crippen molar-refractivity contribution in [2.45, 2.75) is 44.7 Å². The van der Waals surface area contributed by atoms with Crippen molar-refractivity contribution in [3.63, 3.8) is 0 Å². The first kappa shape index (κ1) is 19.6. The van der Waals surface area contributed by atoms with Gasteiger partial charge in [-0.05, 0) is 68.4 Å². The molecule has 3 aromatic rings. The number of hydrogen-bond donors (Lipinski definition) is 1. The molecule has 2 atom stereocenters. The van der Waals surface area contributed by atoms with E-state index in [0.717, 1.165) is 42.2 Å². The summed E-state index contributed by atoms with van der Waals surface area (Å²) in [4.78, 5) is 28.2. The molecule has 0 radical (unpaired) electrons. The van der Waals surface area contributed by atoms with Crippen LogP contribution in [0.2, 0.25) is 0 Å². The van der Waals surface area contributed by atoms with Crippen LogP contribution in [0, 0.1) is 18.7 Å². The molecule has 0 unspecified atom stereocenters. The first-order valence-corrected chi connectivity index (χ1v) is 10.7. The molecule has 1 aromatic carbocycles. The number of rotatable bonds is 5.